The summed E-state index contributed by atoms with van der Waals surface area (Å²) < 4.78 is 0. The molecule has 1 aliphatic rings. The molecule has 0 aromatic heterocycles. The van der Waals surface area contributed by atoms with Crippen LogP contribution < -0.4 is 0 Å². The lowest BCUT2D eigenvalue weighted by Crippen LogP contribution is -2.33. The maximum absolute atomic E-state index is 2.54. The van der Waals surface area contributed by atoms with E-state index in [0.717, 1.165) is 5.54 Å². The zero-order chi connectivity index (χ0) is 6.91. The van der Waals surface area contributed by atoms with E-state index in [0.29, 0.717) is 0 Å². The van der Waals surface area contributed by atoms with E-state index in [2.05, 4.69) is 20.0 Å². The molecule has 0 N–H and O–H groups in total. The molecule has 0 bridgehead atoms. The molecule has 0 aromatic carbocycles. The summed E-state index contributed by atoms with van der Waals surface area (Å²) in [4.78, 5) is 0. The molecule has 1 heteroatoms. The van der Waals surface area contributed by atoms with Crippen molar-refractivity contribution in [1.29, 1.82) is 0 Å². The first kappa shape index (κ1) is 7.33. The Labute approximate surface area is 61.2 Å². The quantitative estimate of drug-likeness (QED) is 0.456. The minimum absolute atomic E-state index is 0. The molecule has 9 heavy (non-hydrogen) atoms. The first-order valence-corrected chi connectivity index (χ1v) is 7.41. The van der Waals surface area contributed by atoms with Crippen molar-refractivity contribution in [3.05, 3.63) is 0 Å². The van der Waals surface area contributed by atoms with E-state index in [-0.39, 0.29) is 1.43 Å². The highest BCUT2D eigenvalue weighted by molar-refractivity contribution is 6.78. The third-order valence-electron chi connectivity index (χ3n) is 3.04. The largest absolute Gasteiger partial charge is 0.0692 e. The summed E-state index contributed by atoms with van der Waals surface area (Å²) in [6.45, 7) is 7.53. The fourth-order valence-corrected chi connectivity index (χ4v) is 4.31. The summed E-state index contributed by atoms with van der Waals surface area (Å²) in [5.41, 5.74) is 1.09. The molecule has 1 heterocycles. The van der Waals surface area contributed by atoms with Crippen molar-refractivity contribution in [2.45, 2.75) is 50.9 Å². The van der Waals surface area contributed by atoms with E-state index in [9.17, 15) is 0 Å². The van der Waals surface area contributed by atoms with Gasteiger partial charge in [-0.25, -0.2) is 0 Å². The lowest BCUT2D eigenvalue weighted by atomic mass is 10.2. The van der Waals surface area contributed by atoms with E-state index in [1.54, 1.807) is 6.04 Å². The molecule has 1 fully saturated rings. The van der Waals surface area contributed by atoms with Gasteiger partial charge in [0, 0.05) is 1.43 Å². The van der Waals surface area contributed by atoms with Gasteiger partial charge in [0.25, 0.3) is 0 Å². The molecule has 1 saturated heterocycles. The van der Waals surface area contributed by atoms with Crippen LogP contribution >= 0.6 is 0 Å². The zero-order valence-corrected chi connectivity index (χ0v) is 7.91. The second-order valence-corrected chi connectivity index (χ2v) is 9.60. The molecule has 56 valence electrons. The predicted molar refractivity (Wildman–Crippen MR) is 47.7 cm³/mol. The number of hydrogen-bond acceptors (Lipinski definition) is 0. The first-order chi connectivity index (χ1) is 4.13. The van der Waals surface area contributed by atoms with Gasteiger partial charge in [-0.2, -0.15) is 0 Å². The highest BCUT2D eigenvalue weighted by Gasteiger charge is 2.30. The average molecular weight is 144 g/mol. The van der Waals surface area contributed by atoms with Gasteiger partial charge in [0.05, 0.1) is 8.07 Å². The van der Waals surface area contributed by atoms with Crippen LogP contribution in [0.25, 0.3) is 0 Å². The molecular formula is C8H20Si. The smallest absolute Gasteiger partial charge is 0.0502 e. The van der Waals surface area contributed by atoms with Crippen LogP contribution in [0.3, 0.4) is 0 Å². The molecule has 0 amide bonds. The fraction of sp³-hybridized carbons (Fsp3) is 1.00. The molecular weight excluding hydrogens is 124 g/mol. The van der Waals surface area contributed by atoms with Gasteiger partial charge in [0.15, 0.2) is 0 Å². The minimum atomic E-state index is -0.694. The zero-order valence-electron chi connectivity index (χ0n) is 6.91. The maximum atomic E-state index is 2.54. The molecule has 0 aromatic rings. The Morgan fingerprint density at radius 3 is 2.33 bits per heavy atom. The third kappa shape index (κ3) is 1.57. The molecule has 0 saturated carbocycles. The second kappa shape index (κ2) is 2.45. The van der Waals surface area contributed by atoms with Crippen molar-refractivity contribution in [1.82, 2.24) is 0 Å². The Hall–Kier alpha value is 0.217. The SMILES string of the molecule is CC1CCCC[Si]1(C)C.[HH]. The predicted octanol–water partition coefficient (Wildman–Crippen LogP) is 3.51. The van der Waals surface area contributed by atoms with Crippen LogP contribution in [0.5, 0.6) is 0 Å². The summed E-state index contributed by atoms with van der Waals surface area (Å²) in [6, 6.07) is 1.58. The van der Waals surface area contributed by atoms with Crippen molar-refractivity contribution in [2.24, 2.45) is 0 Å². The molecule has 1 rings (SSSR count). The van der Waals surface area contributed by atoms with Crippen LogP contribution in [0.1, 0.15) is 27.6 Å². The Bertz CT molecular complexity index is 101. The summed E-state index contributed by atoms with van der Waals surface area (Å²) in [7, 11) is -0.694. The highest BCUT2D eigenvalue weighted by Crippen LogP contribution is 2.36. The fourth-order valence-electron chi connectivity index (χ4n) is 1.67. The van der Waals surface area contributed by atoms with Crippen LogP contribution in [-0.4, -0.2) is 8.07 Å². The normalized spacial score (nSPS) is 34.3. The summed E-state index contributed by atoms with van der Waals surface area (Å²) >= 11 is 0. The summed E-state index contributed by atoms with van der Waals surface area (Å²) in [6.07, 6.45) is 4.53. The van der Waals surface area contributed by atoms with Gasteiger partial charge >= 0.3 is 0 Å². The number of rotatable bonds is 0. The van der Waals surface area contributed by atoms with Crippen molar-refractivity contribution >= 4 is 8.07 Å². The maximum Gasteiger partial charge on any atom is 0.0502 e. The number of hydrogen-bond donors (Lipinski definition) is 0. The van der Waals surface area contributed by atoms with E-state index in [1.807, 2.05) is 0 Å². The lowest BCUT2D eigenvalue weighted by molar-refractivity contribution is 0.635. The van der Waals surface area contributed by atoms with Gasteiger partial charge in [0.1, 0.15) is 0 Å². The second-order valence-electron chi connectivity index (χ2n) is 4.14. The van der Waals surface area contributed by atoms with Crippen molar-refractivity contribution in [3.63, 3.8) is 0 Å². The van der Waals surface area contributed by atoms with Gasteiger partial charge in [-0.3, -0.25) is 0 Å². The van der Waals surface area contributed by atoms with Crippen LogP contribution in [-0.2, 0) is 0 Å². The van der Waals surface area contributed by atoms with E-state index < -0.39 is 8.07 Å². The first-order valence-electron chi connectivity index (χ1n) is 4.13. The van der Waals surface area contributed by atoms with Gasteiger partial charge in [-0.1, -0.05) is 45.3 Å². The van der Waals surface area contributed by atoms with Crippen LogP contribution in [0.4, 0.5) is 0 Å². The van der Waals surface area contributed by atoms with E-state index >= 15 is 0 Å². The topological polar surface area (TPSA) is 0 Å². The van der Waals surface area contributed by atoms with Crippen molar-refractivity contribution in [2.75, 3.05) is 0 Å². The van der Waals surface area contributed by atoms with Crippen LogP contribution in [0, 0.1) is 0 Å². The minimum Gasteiger partial charge on any atom is -0.0692 e. The van der Waals surface area contributed by atoms with E-state index in [1.165, 1.54) is 19.3 Å². The molecule has 1 unspecified atom stereocenters. The monoisotopic (exact) mass is 144 g/mol. The Morgan fingerprint density at radius 1 is 1.33 bits per heavy atom. The molecule has 1 atom stereocenters. The van der Waals surface area contributed by atoms with Gasteiger partial charge in [0.2, 0.25) is 0 Å². The van der Waals surface area contributed by atoms with Gasteiger partial charge in [-0.05, 0) is 5.54 Å². The molecule has 0 spiro atoms. The molecule has 1 aliphatic heterocycles. The van der Waals surface area contributed by atoms with Crippen molar-refractivity contribution in [3.8, 4) is 0 Å². The van der Waals surface area contributed by atoms with E-state index in [4.69, 9.17) is 0 Å². The molecule has 0 aliphatic carbocycles. The average Bonchev–Trinajstić information content (AvgIpc) is 1.77. The Kier molecular flexibility index (Phi) is 1.99. The van der Waals surface area contributed by atoms with Crippen LogP contribution in [0.15, 0.2) is 0 Å². The molecule has 0 nitrogen and oxygen atoms in total. The Balaban J connectivity index is 0.000000810. The third-order valence-corrected chi connectivity index (χ3v) is 7.64. The lowest BCUT2D eigenvalue weighted by Gasteiger charge is -2.34. The van der Waals surface area contributed by atoms with Gasteiger partial charge < -0.3 is 0 Å². The summed E-state index contributed by atoms with van der Waals surface area (Å²) in [5.74, 6) is 0. The van der Waals surface area contributed by atoms with Crippen molar-refractivity contribution < 1.29 is 1.43 Å². The van der Waals surface area contributed by atoms with Crippen LogP contribution in [0.2, 0.25) is 24.7 Å². The standard InChI is InChI=1S/C8H18Si.H2/c1-8-6-4-5-7-9(8,2)3;/h8H,4-7H2,1-3H3;1H. The Morgan fingerprint density at radius 2 is 2.00 bits per heavy atom. The highest BCUT2D eigenvalue weighted by atomic mass is 28.3. The molecule has 0 radical (unpaired) electrons. The van der Waals surface area contributed by atoms with Gasteiger partial charge in [-0.15, -0.1) is 0 Å². The summed E-state index contributed by atoms with van der Waals surface area (Å²) in [5, 5.41) is 0.